The average Bonchev–Trinajstić information content (AvgIpc) is 2.46. The fraction of sp³-hybridized carbons (Fsp3) is 0. The first-order valence-corrected chi connectivity index (χ1v) is 8.42. The summed E-state index contributed by atoms with van der Waals surface area (Å²) in [6.45, 7) is 0. The molecule has 2 aromatic carbocycles. The molecule has 0 fully saturated rings. The second kappa shape index (κ2) is 7.36. The van der Waals surface area contributed by atoms with E-state index in [1.165, 1.54) is 24.3 Å². The fourth-order valence-electron chi connectivity index (χ4n) is 1.65. The monoisotopic (exact) mass is 357 g/mol. The Hall–Kier alpha value is -2.23. The summed E-state index contributed by atoms with van der Waals surface area (Å²) in [6.07, 6.45) is 3.48. The van der Waals surface area contributed by atoms with Crippen molar-refractivity contribution in [1.82, 2.24) is 0 Å². The van der Waals surface area contributed by atoms with Crippen molar-refractivity contribution >= 4 is 34.0 Å². The van der Waals surface area contributed by atoms with E-state index in [1.807, 2.05) is 0 Å². The highest BCUT2D eigenvalue weighted by Gasteiger charge is 2.08. The standard InChI is InChI=1S/C14H11FO6S2/c15-23(18,19)21-14-9-5-12(6-10-14)2-1-11-3-7-13(8-4-11)20-22(16)17/h1-10H,(H,16,17)/p-1/b2-1+. The zero-order chi connectivity index (χ0) is 16.9. The van der Waals surface area contributed by atoms with Gasteiger partial charge in [-0.25, -0.2) is 4.21 Å². The molecule has 0 aliphatic heterocycles. The van der Waals surface area contributed by atoms with Gasteiger partial charge in [0.1, 0.15) is 22.9 Å². The molecule has 9 heteroatoms. The Bertz CT molecular complexity index is 813. The van der Waals surface area contributed by atoms with Crippen LogP contribution in [0.3, 0.4) is 0 Å². The highest BCUT2D eigenvalue weighted by Crippen LogP contribution is 2.18. The van der Waals surface area contributed by atoms with Gasteiger partial charge in [0, 0.05) is 0 Å². The Labute approximate surface area is 135 Å². The van der Waals surface area contributed by atoms with Crippen LogP contribution in [0.15, 0.2) is 48.5 Å². The SMILES string of the molecule is O=S([O-])Oc1ccc(/C=C/c2ccc(OS(=O)(=O)F)cc2)cc1. The topological polar surface area (TPSA) is 92.7 Å². The number of halogens is 1. The van der Waals surface area contributed by atoms with Crippen molar-refractivity contribution in [1.29, 1.82) is 0 Å². The Morgan fingerprint density at radius 2 is 1.35 bits per heavy atom. The summed E-state index contributed by atoms with van der Waals surface area (Å²) in [5.74, 6) is 0.0705. The van der Waals surface area contributed by atoms with E-state index in [0.717, 1.165) is 11.1 Å². The lowest BCUT2D eigenvalue weighted by Gasteiger charge is -2.06. The zero-order valence-corrected chi connectivity index (χ0v) is 13.1. The normalized spacial score (nSPS) is 13.0. The highest BCUT2D eigenvalue weighted by atomic mass is 32.3. The third-order valence-corrected chi connectivity index (χ3v) is 3.31. The van der Waals surface area contributed by atoms with Crippen LogP contribution in [0, 0.1) is 0 Å². The predicted molar refractivity (Wildman–Crippen MR) is 82.0 cm³/mol. The van der Waals surface area contributed by atoms with E-state index in [1.54, 1.807) is 36.4 Å². The van der Waals surface area contributed by atoms with Crippen molar-refractivity contribution in [2.75, 3.05) is 0 Å². The van der Waals surface area contributed by atoms with E-state index in [-0.39, 0.29) is 11.5 Å². The lowest BCUT2D eigenvalue weighted by atomic mass is 10.1. The van der Waals surface area contributed by atoms with E-state index in [9.17, 15) is 21.1 Å². The maximum Gasteiger partial charge on any atom is 0.488 e. The molecule has 1 atom stereocenters. The van der Waals surface area contributed by atoms with E-state index >= 15 is 0 Å². The molecule has 0 heterocycles. The molecule has 2 rings (SSSR count). The van der Waals surface area contributed by atoms with Crippen molar-refractivity contribution < 1.29 is 29.4 Å². The second-order valence-electron chi connectivity index (χ2n) is 4.24. The summed E-state index contributed by atoms with van der Waals surface area (Å²) in [6, 6.07) is 12.0. The van der Waals surface area contributed by atoms with Crippen molar-refractivity contribution in [3.63, 3.8) is 0 Å². The molecule has 0 N–H and O–H groups in total. The number of rotatable bonds is 6. The summed E-state index contributed by atoms with van der Waals surface area (Å²) in [4.78, 5) is 0. The third kappa shape index (κ3) is 6.19. The van der Waals surface area contributed by atoms with Gasteiger partial charge in [0.2, 0.25) is 0 Å². The van der Waals surface area contributed by atoms with E-state index in [0.29, 0.717) is 0 Å². The van der Waals surface area contributed by atoms with Crippen LogP contribution in [0.4, 0.5) is 3.89 Å². The third-order valence-electron chi connectivity index (χ3n) is 2.59. The highest BCUT2D eigenvalue weighted by molar-refractivity contribution is 7.81. The van der Waals surface area contributed by atoms with Crippen LogP contribution in [0.2, 0.25) is 0 Å². The summed E-state index contributed by atoms with van der Waals surface area (Å²) in [5.41, 5.74) is 1.52. The molecule has 2 aromatic rings. The minimum Gasteiger partial charge on any atom is -0.740 e. The molecule has 122 valence electrons. The van der Waals surface area contributed by atoms with Crippen LogP contribution < -0.4 is 8.37 Å². The summed E-state index contributed by atoms with van der Waals surface area (Å²) in [5, 5.41) is 0. The van der Waals surface area contributed by atoms with Gasteiger partial charge in [-0.2, -0.15) is 8.42 Å². The molecule has 0 radical (unpaired) electrons. The molecule has 23 heavy (non-hydrogen) atoms. The van der Waals surface area contributed by atoms with Crippen LogP contribution in [-0.4, -0.2) is 17.2 Å². The molecular formula is C14H10FO6S2-. The van der Waals surface area contributed by atoms with Gasteiger partial charge in [-0.1, -0.05) is 40.3 Å². The van der Waals surface area contributed by atoms with Crippen LogP contribution in [-0.2, 0) is 21.9 Å². The number of hydrogen-bond acceptors (Lipinski definition) is 6. The van der Waals surface area contributed by atoms with Gasteiger partial charge in [0.05, 0.1) is 0 Å². The lowest BCUT2D eigenvalue weighted by molar-refractivity contribution is 0.438. The molecule has 0 aliphatic carbocycles. The Morgan fingerprint density at radius 3 is 1.74 bits per heavy atom. The van der Waals surface area contributed by atoms with Gasteiger partial charge < -0.3 is 12.9 Å². The zero-order valence-electron chi connectivity index (χ0n) is 11.4. The van der Waals surface area contributed by atoms with Crippen LogP contribution in [0.1, 0.15) is 11.1 Å². The molecule has 1 unspecified atom stereocenters. The molecule has 0 amide bonds. The maximum absolute atomic E-state index is 12.3. The van der Waals surface area contributed by atoms with Gasteiger partial charge in [0.15, 0.2) is 0 Å². The van der Waals surface area contributed by atoms with Crippen LogP contribution in [0.25, 0.3) is 12.2 Å². The largest absolute Gasteiger partial charge is 0.740 e. The van der Waals surface area contributed by atoms with Crippen LogP contribution in [0.5, 0.6) is 11.5 Å². The van der Waals surface area contributed by atoms with E-state index < -0.39 is 21.9 Å². The van der Waals surface area contributed by atoms with Gasteiger partial charge in [-0.3, -0.25) is 0 Å². The van der Waals surface area contributed by atoms with Gasteiger partial charge in [0.25, 0.3) is 0 Å². The van der Waals surface area contributed by atoms with Crippen molar-refractivity contribution in [3.8, 4) is 11.5 Å². The van der Waals surface area contributed by atoms with E-state index in [4.69, 9.17) is 0 Å². The minimum atomic E-state index is -5.03. The Kier molecular flexibility index (Phi) is 5.48. The molecule has 0 aromatic heterocycles. The second-order valence-corrected chi connectivity index (χ2v) is 5.76. The lowest BCUT2D eigenvalue weighted by Crippen LogP contribution is -2.00. The first kappa shape index (κ1) is 17.1. The summed E-state index contributed by atoms with van der Waals surface area (Å²) >= 11 is -2.62. The smallest absolute Gasteiger partial charge is 0.488 e. The van der Waals surface area contributed by atoms with Crippen LogP contribution >= 0.6 is 0 Å². The van der Waals surface area contributed by atoms with E-state index in [2.05, 4.69) is 8.37 Å². The average molecular weight is 357 g/mol. The molecule has 0 aliphatic rings. The van der Waals surface area contributed by atoms with Gasteiger partial charge >= 0.3 is 10.5 Å². The Morgan fingerprint density at radius 1 is 0.913 bits per heavy atom. The predicted octanol–water partition coefficient (Wildman–Crippen LogP) is 2.62. The molecule has 0 bridgehead atoms. The first-order chi connectivity index (χ1) is 10.8. The van der Waals surface area contributed by atoms with Gasteiger partial charge in [-0.05, 0) is 35.4 Å². The maximum atomic E-state index is 12.3. The number of benzene rings is 2. The number of hydrogen-bond donors (Lipinski definition) is 0. The van der Waals surface area contributed by atoms with Crippen molar-refractivity contribution in [3.05, 3.63) is 59.7 Å². The van der Waals surface area contributed by atoms with Gasteiger partial charge in [-0.15, -0.1) is 0 Å². The van der Waals surface area contributed by atoms with Crippen molar-refractivity contribution in [2.24, 2.45) is 0 Å². The molecule has 6 nitrogen and oxygen atoms in total. The minimum absolute atomic E-state index is 0.128. The molecule has 0 saturated heterocycles. The fourth-order valence-corrected chi connectivity index (χ4v) is 2.26. The molecule has 0 spiro atoms. The Balaban J connectivity index is 2.03. The quantitative estimate of drug-likeness (QED) is 0.448. The van der Waals surface area contributed by atoms with Crippen molar-refractivity contribution in [2.45, 2.75) is 0 Å². The first-order valence-electron chi connectivity index (χ1n) is 6.12. The summed E-state index contributed by atoms with van der Waals surface area (Å²) in [7, 11) is -5.03. The molecular weight excluding hydrogens is 347 g/mol. The summed E-state index contributed by atoms with van der Waals surface area (Å²) < 4.78 is 62.3. The molecule has 0 saturated carbocycles.